The van der Waals surface area contributed by atoms with Gasteiger partial charge in [-0.2, -0.15) is 5.10 Å². The highest BCUT2D eigenvalue weighted by Crippen LogP contribution is 2.32. The van der Waals surface area contributed by atoms with Gasteiger partial charge in [0.15, 0.2) is 6.61 Å². The Labute approximate surface area is 250 Å². The molecule has 2 amide bonds. The highest BCUT2D eigenvalue weighted by atomic mass is 35.5. The molecule has 1 N–H and O–H groups in total. The number of likely N-dealkylation sites (tertiary alicyclic amines) is 1. The average molecular weight is 613 g/mol. The van der Waals surface area contributed by atoms with Crippen molar-refractivity contribution in [3.63, 3.8) is 0 Å². The summed E-state index contributed by atoms with van der Waals surface area (Å²) in [6.07, 6.45) is 4.61. The zero-order valence-electron chi connectivity index (χ0n) is 23.5. The number of hydrogen-bond acceptors (Lipinski definition) is 7. The fourth-order valence-corrected chi connectivity index (χ4v) is 6.00. The number of piperidine rings is 1. The Hall–Kier alpha value is -4.09. The molecule has 1 aliphatic rings. The van der Waals surface area contributed by atoms with Crippen molar-refractivity contribution in [2.75, 3.05) is 37.7 Å². The van der Waals surface area contributed by atoms with Crippen molar-refractivity contribution in [3.05, 3.63) is 82.9 Å². The number of halogens is 1. The summed E-state index contributed by atoms with van der Waals surface area (Å²) in [6.45, 7) is 2.82. The third-order valence-electron chi connectivity index (χ3n) is 6.67. The molecule has 0 radical (unpaired) electrons. The van der Waals surface area contributed by atoms with Crippen LogP contribution in [0.2, 0.25) is 5.02 Å². The van der Waals surface area contributed by atoms with Crippen molar-refractivity contribution in [3.8, 4) is 11.5 Å². The molecule has 0 bridgehead atoms. The molecule has 1 heterocycles. The van der Waals surface area contributed by atoms with E-state index in [9.17, 15) is 18.0 Å². The average Bonchev–Trinajstić information content (AvgIpc) is 3.00. The van der Waals surface area contributed by atoms with E-state index in [4.69, 9.17) is 21.1 Å². The highest BCUT2D eigenvalue weighted by Gasteiger charge is 2.28. The number of ether oxygens (including phenoxy) is 2. The first-order chi connectivity index (χ1) is 20.2. The maximum Gasteiger partial charge on any atom is 0.264 e. The van der Waals surface area contributed by atoms with Gasteiger partial charge in [0.1, 0.15) is 18.0 Å². The number of anilines is 1. The summed E-state index contributed by atoms with van der Waals surface area (Å²) in [7, 11) is -2.67. The molecule has 0 aromatic heterocycles. The molecule has 10 nitrogen and oxygen atoms in total. The summed E-state index contributed by atoms with van der Waals surface area (Å²) in [4.78, 5) is 27.0. The van der Waals surface area contributed by atoms with Crippen LogP contribution in [-0.2, 0) is 19.6 Å². The van der Waals surface area contributed by atoms with E-state index in [0.29, 0.717) is 17.1 Å². The van der Waals surface area contributed by atoms with E-state index >= 15 is 0 Å². The number of hydrazone groups is 1. The van der Waals surface area contributed by atoms with Crippen LogP contribution < -0.4 is 19.2 Å². The van der Waals surface area contributed by atoms with Gasteiger partial charge in [0.2, 0.25) is 0 Å². The van der Waals surface area contributed by atoms with Gasteiger partial charge in [-0.1, -0.05) is 29.3 Å². The number of nitrogens with one attached hydrogen (secondary N) is 1. The number of aryl methyl sites for hydroxylation is 1. The SMILES string of the molecule is COc1ccc(N(CC(=O)N/N=C\c2ccc(OCC(=O)N3CCCCC3)cc2)S(=O)(=O)c2ccc(C)cc2)cc1Cl. The first-order valence-electron chi connectivity index (χ1n) is 13.4. The molecule has 222 valence electrons. The largest absolute Gasteiger partial charge is 0.495 e. The number of rotatable bonds is 11. The molecule has 1 aliphatic heterocycles. The number of amides is 2. The van der Waals surface area contributed by atoms with Crippen LogP contribution in [0.5, 0.6) is 11.5 Å². The van der Waals surface area contributed by atoms with Crippen LogP contribution in [0.4, 0.5) is 5.69 Å². The van der Waals surface area contributed by atoms with E-state index in [1.54, 1.807) is 36.4 Å². The van der Waals surface area contributed by atoms with Gasteiger partial charge < -0.3 is 14.4 Å². The molecule has 0 saturated carbocycles. The van der Waals surface area contributed by atoms with E-state index in [0.717, 1.165) is 42.2 Å². The van der Waals surface area contributed by atoms with Gasteiger partial charge in [0, 0.05) is 13.1 Å². The fraction of sp³-hybridized carbons (Fsp3) is 0.300. The molecule has 3 aromatic rings. The molecule has 3 aromatic carbocycles. The first kappa shape index (κ1) is 30.9. The Morgan fingerprint density at radius 1 is 1.02 bits per heavy atom. The van der Waals surface area contributed by atoms with Crippen LogP contribution >= 0.6 is 11.6 Å². The number of methoxy groups -OCH3 is 1. The Kier molecular flexibility index (Phi) is 10.4. The minimum absolute atomic E-state index is 0.0229. The third-order valence-corrected chi connectivity index (χ3v) is 8.76. The Bertz CT molecular complexity index is 1520. The summed E-state index contributed by atoms with van der Waals surface area (Å²) in [5, 5.41) is 4.17. The second-order valence-electron chi connectivity index (χ2n) is 9.74. The van der Waals surface area contributed by atoms with Crippen LogP contribution in [0.3, 0.4) is 0 Å². The highest BCUT2D eigenvalue weighted by molar-refractivity contribution is 7.92. The Morgan fingerprint density at radius 3 is 2.36 bits per heavy atom. The van der Waals surface area contributed by atoms with Crippen molar-refractivity contribution in [2.45, 2.75) is 31.1 Å². The molecular formula is C30H33ClN4O6S. The zero-order valence-corrected chi connectivity index (χ0v) is 25.0. The Balaban J connectivity index is 1.40. The van der Waals surface area contributed by atoms with Crippen LogP contribution in [0, 0.1) is 6.92 Å². The second-order valence-corrected chi connectivity index (χ2v) is 12.0. The molecule has 4 rings (SSSR count). The van der Waals surface area contributed by atoms with E-state index in [2.05, 4.69) is 10.5 Å². The predicted molar refractivity (Wildman–Crippen MR) is 162 cm³/mol. The number of hydrogen-bond donors (Lipinski definition) is 1. The predicted octanol–water partition coefficient (Wildman–Crippen LogP) is 4.39. The molecule has 0 spiro atoms. The van der Waals surface area contributed by atoms with Gasteiger partial charge in [-0.05, 0) is 86.3 Å². The number of sulfonamides is 1. The fourth-order valence-electron chi connectivity index (χ4n) is 4.34. The zero-order chi connectivity index (χ0) is 30.1. The minimum Gasteiger partial charge on any atom is -0.495 e. The molecule has 1 fully saturated rings. The normalized spacial score (nSPS) is 13.5. The van der Waals surface area contributed by atoms with Gasteiger partial charge in [0.05, 0.1) is 28.9 Å². The lowest BCUT2D eigenvalue weighted by molar-refractivity contribution is -0.134. The number of nitrogens with zero attached hydrogens (tertiary/aromatic N) is 3. The summed E-state index contributed by atoms with van der Waals surface area (Å²) in [6, 6.07) is 17.6. The molecule has 0 aliphatic carbocycles. The maximum absolute atomic E-state index is 13.6. The molecule has 0 unspecified atom stereocenters. The quantitative estimate of drug-likeness (QED) is 0.253. The number of benzene rings is 3. The number of carbonyl (C=O) groups excluding carboxylic acids is 2. The van der Waals surface area contributed by atoms with Crippen LogP contribution in [-0.4, -0.2) is 64.7 Å². The lowest BCUT2D eigenvalue weighted by Gasteiger charge is -2.26. The summed E-state index contributed by atoms with van der Waals surface area (Å²) >= 11 is 6.26. The summed E-state index contributed by atoms with van der Waals surface area (Å²) in [5.41, 5.74) is 4.12. The van der Waals surface area contributed by atoms with E-state index in [-0.39, 0.29) is 28.1 Å². The van der Waals surface area contributed by atoms with Crippen molar-refractivity contribution in [1.29, 1.82) is 0 Å². The van der Waals surface area contributed by atoms with Crippen LogP contribution in [0.1, 0.15) is 30.4 Å². The van der Waals surface area contributed by atoms with Crippen LogP contribution in [0.15, 0.2) is 76.7 Å². The molecule has 12 heteroatoms. The summed E-state index contributed by atoms with van der Waals surface area (Å²) < 4.78 is 38.9. The van der Waals surface area contributed by atoms with Crippen molar-refractivity contribution in [2.24, 2.45) is 5.10 Å². The van der Waals surface area contributed by atoms with E-state index < -0.39 is 22.5 Å². The lowest BCUT2D eigenvalue weighted by atomic mass is 10.1. The second kappa shape index (κ2) is 14.2. The van der Waals surface area contributed by atoms with Gasteiger partial charge in [-0.3, -0.25) is 13.9 Å². The third kappa shape index (κ3) is 8.01. The van der Waals surface area contributed by atoms with Gasteiger partial charge in [-0.15, -0.1) is 0 Å². The smallest absolute Gasteiger partial charge is 0.264 e. The van der Waals surface area contributed by atoms with Crippen molar-refractivity contribution >= 4 is 45.3 Å². The van der Waals surface area contributed by atoms with E-state index in [1.165, 1.54) is 43.7 Å². The maximum atomic E-state index is 13.6. The van der Waals surface area contributed by atoms with Gasteiger partial charge in [0.25, 0.3) is 21.8 Å². The molecule has 42 heavy (non-hydrogen) atoms. The molecule has 0 atom stereocenters. The first-order valence-corrected chi connectivity index (χ1v) is 15.2. The van der Waals surface area contributed by atoms with Crippen molar-refractivity contribution in [1.82, 2.24) is 10.3 Å². The lowest BCUT2D eigenvalue weighted by Crippen LogP contribution is -2.39. The molecule has 1 saturated heterocycles. The molecular weight excluding hydrogens is 580 g/mol. The summed E-state index contributed by atoms with van der Waals surface area (Å²) in [5.74, 6) is 0.215. The monoisotopic (exact) mass is 612 g/mol. The topological polar surface area (TPSA) is 118 Å². The van der Waals surface area contributed by atoms with Crippen LogP contribution in [0.25, 0.3) is 0 Å². The van der Waals surface area contributed by atoms with Gasteiger partial charge in [-0.25, -0.2) is 13.8 Å². The Morgan fingerprint density at radius 2 is 1.71 bits per heavy atom. The van der Waals surface area contributed by atoms with Gasteiger partial charge >= 0.3 is 0 Å². The van der Waals surface area contributed by atoms with E-state index in [1.807, 2.05) is 11.8 Å². The minimum atomic E-state index is -4.12. The standard InChI is InChI=1S/C30H33ClN4O6S/c1-22-6-13-26(14-7-22)42(38,39)35(24-10-15-28(40-2)27(31)18-24)20-29(36)33-32-19-23-8-11-25(12-9-23)41-21-30(37)34-16-4-3-5-17-34/h6-15,18-19H,3-5,16-17,20-21H2,1-2H3,(H,33,36)/b32-19-. The number of carbonyl (C=O) groups is 2. The van der Waals surface area contributed by atoms with Crippen molar-refractivity contribution < 1.29 is 27.5 Å².